The molecule has 1 unspecified atom stereocenters. The molecule has 2 aliphatic rings. The summed E-state index contributed by atoms with van der Waals surface area (Å²) in [5.74, 6) is 0. The third-order valence-corrected chi connectivity index (χ3v) is 16.1. The fourth-order valence-electron chi connectivity index (χ4n) is 7.79. The molecule has 0 amide bonds. The summed E-state index contributed by atoms with van der Waals surface area (Å²) in [6.07, 6.45) is 9.54. The molecule has 259 valence electrons. The third kappa shape index (κ3) is 8.47. The van der Waals surface area contributed by atoms with Crippen LogP contribution in [-0.4, -0.2) is 11.3 Å². The molecule has 0 N–H and O–H groups in total. The summed E-state index contributed by atoms with van der Waals surface area (Å²) >= 11 is -1.36. The van der Waals surface area contributed by atoms with E-state index in [2.05, 4.69) is 170 Å². The molecule has 0 fully saturated rings. The van der Waals surface area contributed by atoms with E-state index in [1.54, 1.807) is 8.78 Å². The average Bonchev–Trinajstić information content (AvgIpc) is 3.59. The van der Waals surface area contributed by atoms with Crippen LogP contribution in [0, 0.1) is 0 Å². The molecule has 6 rings (SSSR count). The van der Waals surface area contributed by atoms with Gasteiger partial charge in [0.25, 0.3) is 0 Å². The van der Waals surface area contributed by atoms with E-state index < -0.39 is 30.8 Å². The number of benzene rings is 4. The minimum absolute atomic E-state index is 0. The van der Waals surface area contributed by atoms with Crippen LogP contribution in [0.2, 0.25) is 28.8 Å². The molecule has 0 nitrogen and oxygen atoms in total. The molecular formula is C46H53Cl2SiZr. The molecule has 0 bridgehead atoms. The van der Waals surface area contributed by atoms with Gasteiger partial charge in [-0.15, -0.1) is 0 Å². The van der Waals surface area contributed by atoms with Crippen molar-refractivity contribution >= 4 is 16.9 Å². The van der Waals surface area contributed by atoms with Gasteiger partial charge in [0.2, 0.25) is 0 Å². The Bertz CT molecular complexity index is 1910. The molecule has 0 saturated carbocycles. The van der Waals surface area contributed by atoms with Crippen molar-refractivity contribution in [2.24, 2.45) is 0 Å². The molecule has 4 aromatic carbocycles. The maximum Gasteiger partial charge on any atom is -1.00 e. The molecule has 0 saturated heterocycles. The Kier molecular flexibility index (Phi) is 12.4. The van der Waals surface area contributed by atoms with Crippen molar-refractivity contribution in [1.29, 1.82) is 0 Å². The number of hydrogen-bond donors (Lipinski definition) is 0. The van der Waals surface area contributed by atoms with Crippen molar-refractivity contribution in [2.75, 3.05) is 0 Å². The van der Waals surface area contributed by atoms with Crippen LogP contribution >= 0.6 is 0 Å². The van der Waals surface area contributed by atoms with Gasteiger partial charge in [0.05, 0.1) is 0 Å². The van der Waals surface area contributed by atoms with Crippen molar-refractivity contribution in [1.82, 2.24) is 0 Å². The van der Waals surface area contributed by atoms with E-state index in [9.17, 15) is 0 Å². The summed E-state index contributed by atoms with van der Waals surface area (Å²) in [5.41, 5.74) is 16.1. The third-order valence-electron chi connectivity index (χ3n) is 9.93. The van der Waals surface area contributed by atoms with Gasteiger partial charge < -0.3 is 24.8 Å². The Morgan fingerprint density at radius 2 is 1.34 bits per heavy atom. The summed E-state index contributed by atoms with van der Waals surface area (Å²) in [4.78, 5) is 0. The van der Waals surface area contributed by atoms with Gasteiger partial charge in [0, 0.05) is 0 Å². The Balaban J connectivity index is 0.00000281. The van der Waals surface area contributed by atoms with Crippen LogP contribution in [-0.2, 0) is 40.0 Å². The molecule has 0 heterocycles. The summed E-state index contributed by atoms with van der Waals surface area (Å²) < 4.78 is 1.53. The molecule has 1 atom stereocenters. The van der Waals surface area contributed by atoms with Gasteiger partial charge in [-0.05, 0) is 0 Å². The van der Waals surface area contributed by atoms with Gasteiger partial charge >= 0.3 is 305 Å². The van der Waals surface area contributed by atoms with E-state index in [-0.39, 0.29) is 38.8 Å². The quantitative estimate of drug-likeness (QED) is 0.123. The number of halogens is 2. The van der Waals surface area contributed by atoms with Crippen molar-refractivity contribution < 1.29 is 47.6 Å². The van der Waals surface area contributed by atoms with Crippen LogP contribution in [0.15, 0.2) is 121 Å². The van der Waals surface area contributed by atoms with Gasteiger partial charge in [0.15, 0.2) is 0 Å². The van der Waals surface area contributed by atoms with Crippen molar-refractivity contribution in [3.05, 3.63) is 160 Å². The zero-order valence-corrected chi connectivity index (χ0v) is 36.4. The summed E-state index contributed by atoms with van der Waals surface area (Å²) in [7, 11) is -1.35. The zero-order valence-electron chi connectivity index (χ0n) is 31.5. The second kappa shape index (κ2) is 15.3. The van der Waals surface area contributed by atoms with E-state index in [4.69, 9.17) is 6.58 Å². The first-order valence-electron chi connectivity index (χ1n) is 17.7. The molecule has 0 radical (unpaired) electrons. The van der Waals surface area contributed by atoms with Gasteiger partial charge in [-0.2, -0.15) is 0 Å². The summed E-state index contributed by atoms with van der Waals surface area (Å²) in [6.45, 7) is 26.5. The Hall–Kier alpha value is -2.35. The predicted octanol–water partition coefficient (Wildman–Crippen LogP) is 6.61. The topological polar surface area (TPSA) is 0 Å². The van der Waals surface area contributed by atoms with E-state index in [0.717, 1.165) is 12.8 Å². The Morgan fingerprint density at radius 3 is 1.88 bits per heavy atom. The Morgan fingerprint density at radius 1 is 0.760 bits per heavy atom. The fraction of sp³-hybridized carbons (Fsp3) is 0.326. The minimum atomic E-state index is -1.36. The number of fused-ring (bicyclic) bond motifs is 3. The molecule has 4 aromatic rings. The summed E-state index contributed by atoms with van der Waals surface area (Å²) in [5, 5.41) is 0. The molecular weight excluding hydrogens is 743 g/mol. The second-order valence-corrected chi connectivity index (χ2v) is 26.9. The van der Waals surface area contributed by atoms with Crippen molar-refractivity contribution in [2.45, 2.75) is 94.0 Å². The van der Waals surface area contributed by atoms with Crippen LogP contribution in [0.3, 0.4) is 0 Å². The van der Waals surface area contributed by atoms with Crippen LogP contribution in [0.1, 0.15) is 86.9 Å². The molecule has 0 aromatic heterocycles. The van der Waals surface area contributed by atoms with Gasteiger partial charge in [-0.3, -0.25) is 0 Å². The summed E-state index contributed by atoms with van der Waals surface area (Å²) in [6, 6.07) is 35.8. The average molecular weight is 796 g/mol. The molecule has 50 heavy (non-hydrogen) atoms. The standard InChI is InChI=1S/C33H43Si.C13H10.2ClH.Zr/c1-22(21-34(8,9)10)18-23-12-11-13-27(23)31-29-20-24-19-25(32(2,3)4)14-15-26(24)28(29)16-17-30(31)33(5,6)7;1-3-7-12(8-4-1)11-13-9-5-2-6-10-13;;;/h11-17,19H,1,18,20-21H2,2-10H3;1-10H;2*1H;/q;;;;+2/p-2. The largest absolute Gasteiger partial charge is 1.00 e. The van der Waals surface area contributed by atoms with Crippen molar-refractivity contribution in [3.63, 3.8) is 0 Å². The monoisotopic (exact) mass is 793 g/mol. The van der Waals surface area contributed by atoms with Crippen LogP contribution in [0.25, 0.3) is 16.7 Å². The maximum absolute atomic E-state index is 4.83. The SMILES string of the molecule is C=C(C[C]1([Zr+2]=[C](c2ccccc2)c2ccccc2)C=CC=C1c1c(C(C)(C)C)ccc2c1Cc1cc(C(C)(C)C)ccc1-2)C[Si](C)(C)C.[Cl-].[Cl-]. The van der Waals surface area contributed by atoms with E-state index >= 15 is 0 Å². The van der Waals surface area contributed by atoms with Gasteiger partial charge in [-0.25, -0.2) is 0 Å². The van der Waals surface area contributed by atoms with E-state index in [1.807, 2.05) is 0 Å². The van der Waals surface area contributed by atoms with Gasteiger partial charge in [0.1, 0.15) is 0 Å². The fourth-order valence-corrected chi connectivity index (χ4v) is 14.2. The molecule has 4 heteroatoms. The van der Waals surface area contributed by atoms with Crippen LogP contribution in [0.5, 0.6) is 0 Å². The predicted molar refractivity (Wildman–Crippen MR) is 210 cm³/mol. The number of rotatable bonds is 8. The minimum Gasteiger partial charge on any atom is -1.00 e. The van der Waals surface area contributed by atoms with Crippen molar-refractivity contribution in [3.8, 4) is 11.1 Å². The first kappa shape index (κ1) is 40.4. The van der Waals surface area contributed by atoms with E-state index in [0.29, 0.717) is 0 Å². The second-order valence-electron chi connectivity index (χ2n) is 17.4. The van der Waals surface area contributed by atoms with Crippen LogP contribution in [0.4, 0.5) is 0 Å². The molecule has 0 spiro atoms. The van der Waals surface area contributed by atoms with E-state index in [1.165, 1.54) is 61.7 Å². The zero-order chi connectivity index (χ0) is 34.5. The van der Waals surface area contributed by atoms with Gasteiger partial charge in [-0.1, -0.05) is 0 Å². The Labute approximate surface area is 327 Å². The molecule has 0 aliphatic heterocycles. The first-order valence-corrected chi connectivity index (χ1v) is 23.9. The normalized spacial score (nSPS) is 16.4. The smallest absolute Gasteiger partial charge is 1.00 e. The first-order chi connectivity index (χ1) is 22.6. The van der Waals surface area contributed by atoms with Crippen LogP contribution < -0.4 is 24.8 Å². The number of hydrogen-bond acceptors (Lipinski definition) is 0. The number of allylic oxidation sites excluding steroid dienone is 5. The molecule has 2 aliphatic carbocycles. The maximum atomic E-state index is 4.83.